The van der Waals surface area contributed by atoms with E-state index in [0.717, 1.165) is 23.3 Å². The number of ether oxygens (including phenoxy) is 2. The van der Waals surface area contributed by atoms with Crippen molar-refractivity contribution in [3.63, 3.8) is 0 Å². The molecule has 3 aromatic rings. The van der Waals surface area contributed by atoms with Gasteiger partial charge in [0.05, 0.1) is 18.8 Å². The molecule has 1 aliphatic heterocycles. The van der Waals surface area contributed by atoms with Crippen molar-refractivity contribution in [2.75, 3.05) is 26.3 Å². The summed E-state index contributed by atoms with van der Waals surface area (Å²) >= 11 is 0. The SMILES string of the molecule is O=C(O)C1CN(Cc2ccc(-c3cc4cc(OCC5CCCC5)ccc4o3)c(F)c2)CCO1. The molecule has 2 heterocycles. The van der Waals surface area contributed by atoms with E-state index < -0.39 is 12.1 Å². The molecule has 33 heavy (non-hydrogen) atoms. The number of benzene rings is 2. The van der Waals surface area contributed by atoms with E-state index in [2.05, 4.69) is 0 Å². The summed E-state index contributed by atoms with van der Waals surface area (Å²) < 4.78 is 32.1. The molecule has 2 fully saturated rings. The molecule has 174 valence electrons. The van der Waals surface area contributed by atoms with Gasteiger partial charge in [-0.3, -0.25) is 4.90 Å². The van der Waals surface area contributed by atoms with Crippen LogP contribution in [0.2, 0.25) is 0 Å². The summed E-state index contributed by atoms with van der Waals surface area (Å²) in [5, 5.41) is 10.0. The Hall–Kier alpha value is -2.90. The van der Waals surface area contributed by atoms with Crippen LogP contribution in [-0.4, -0.2) is 48.4 Å². The van der Waals surface area contributed by atoms with Crippen molar-refractivity contribution in [3.8, 4) is 17.1 Å². The smallest absolute Gasteiger partial charge is 0.334 e. The second kappa shape index (κ2) is 9.53. The van der Waals surface area contributed by atoms with Crippen LogP contribution in [-0.2, 0) is 16.1 Å². The summed E-state index contributed by atoms with van der Waals surface area (Å²) in [7, 11) is 0. The summed E-state index contributed by atoms with van der Waals surface area (Å²) in [5.74, 6) is 0.577. The van der Waals surface area contributed by atoms with Gasteiger partial charge in [-0.15, -0.1) is 0 Å². The number of rotatable bonds is 7. The van der Waals surface area contributed by atoms with E-state index in [1.165, 1.54) is 31.7 Å². The van der Waals surface area contributed by atoms with Crippen LogP contribution < -0.4 is 4.74 Å². The number of hydrogen-bond acceptors (Lipinski definition) is 5. The molecule has 0 bridgehead atoms. The van der Waals surface area contributed by atoms with E-state index in [-0.39, 0.29) is 12.4 Å². The van der Waals surface area contributed by atoms with Gasteiger partial charge in [-0.2, -0.15) is 0 Å². The fourth-order valence-corrected chi connectivity index (χ4v) is 4.75. The van der Waals surface area contributed by atoms with Gasteiger partial charge in [0.1, 0.15) is 22.9 Å². The topological polar surface area (TPSA) is 72.1 Å². The first-order valence-corrected chi connectivity index (χ1v) is 11.6. The van der Waals surface area contributed by atoms with Crippen LogP contribution in [0.5, 0.6) is 5.75 Å². The van der Waals surface area contributed by atoms with Gasteiger partial charge in [0, 0.05) is 25.0 Å². The van der Waals surface area contributed by atoms with Gasteiger partial charge in [0.25, 0.3) is 0 Å². The number of carboxylic acid groups (broad SMARTS) is 1. The number of furan rings is 1. The molecular formula is C26H28FNO5. The van der Waals surface area contributed by atoms with Crippen molar-refractivity contribution in [3.05, 3.63) is 53.8 Å². The van der Waals surface area contributed by atoms with Crippen molar-refractivity contribution in [1.82, 2.24) is 4.90 Å². The van der Waals surface area contributed by atoms with Crippen molar-refractivity contribution in [1.29, 1.82) is 0 Å². The third-order valence-electron chi connectivity index (χ3n) is 6.58. The zero-order chi connectivity index (χ0) is 22.8. The molecule has 1 aliphatic carbocycles. The molecule has 5 rings (SSSR count). The number of morpholine rings is 1. The van der Waals surface area contributed by atoms with Crippen molar-refractivity contribution in [2.24, 2.45) is 5.92 Å². The Morgan fingerprint density at radius 3 is 2.79 bits per heavy atom. The quantitative estimate of drug-likeness (QED) is 0.537. The van der Waals surface area contributed by atoms with Gasteiger partial charge >= 0.3 is 5.97 Å². The number of nitrogens with zero attached hydrogens (tertiary/aromatic N) is 1. The number of fused-ring (bicyclic) bond motifs is 1. The standard InChI is InChI=1S/C26H28FNO5/c27-22-11-18(14-28-9-10-31-25(15-28)26(29)30)5-7-21(22)24-13-19-12-20(6-8-23(19)33-24)32-16-17-3-1-2-4-17/h5-8,11-13,17,25H,1-4,9-10,14-16H2,(H,29,30). The second-order valence-corrected chi connectivity index (χ2v) is 9.02. The van der Waals surface area contributed by atoms with Crippen molar-refractivity contribution in [2.45, 2.75) is 38.3 Å². The highest BCUT2D eigenvalue weighted by molar-refractivity contribution is 5.84. The molecular weight excluding hydrogens is 425 g/mol. The fourth-order valence-electron chi connectivity index (χ4n) is 4.75. The summed E-state index contributed by atoms with van der Waals surface area (Å²) in [6.07, 6.45) is 4.21. The lowest BCUT2D eigenvalue weighted by Gasteiger charge is -2.30. The van der Waals surface area contributed by atoms with Crippen LogP contribution in [0.1, 0.15) is 31.2 Å². The monoisotopic (exact) mass is 453 g/mol. The maximum atomic E-state index is 15.0. The largest absolute Gasteiger partial charge is 0.493 e. The molecule has 7 heteroatoms. The number of carbonyl (C=O) groups is 1. The lowest BCUT2D eigenvalue weighted by molar-refractivity contribution is -0.156. The molecule has 1 N–H and O–H groups in total. The first kappa shape index (κ1) is 21.9. The molecule has 1 aromatic heterocycles. The summed E-state index contributed by atoms with van der Waals surface area (Å²) in [6.45, 7) is 2.45. The van der Waals surface area contributed by atoms with Gasteiger partial charge in [-0.25, -0.2) is 9.18 Å². The van der Waals surface area contributed by atoms with E-state index in [1.54, 1.807) is 6.07 Å². The minimum Gasteiger partial charge on any atom is -0.493 e. The van der Waals surface area contributed by atoms with E-state index in [4.69, 9.17) is 19.0 Å². The predicted octanol–water partition coefficient (Wildman–Crippen LogP) is 5.09. The highest BCUT2D eigenvalue weighted by atomic mass is 19.1. The van der Waals surface area contributed by atoms with Crippen molar-refractivity contribution < 1.29 is 28.2 Å². The molecule has 0 radical (unpaired) electrons. The molecule has 1 atom stereocenters. The number of carboxylic acids is 1. The second-order valence-electron chi connectivity index (χ2n) is 9.02. The third-order valence-corrected chi connectivity index (χ3v) is 6.58. The molecule has 1 unspecified atom stereocenters. The normalized spacial score (nSPS) is 19.8. The van der Waals surface area contributed by atoms with E-state index in [9.17, 15) is 9.18 Å². The molecule has 1 saturated heterocycles. The first-order chi connectivity index (χ1) is 16.0. The zero-order valence-corrected chi connectivity index (χ0v) is 18.5. The van der Waals surface area contributed by atoms with E-state index in [0.29, 0.717) is 42.5 Å². The van der Waals surface area contributed by atoms with E-state index >= 15 is 0 Å². The van der Waals surface area contributed by atoms with Crippen LogP contribution >= 0.6 is 0 Å². The van der Waals surface area contributed by atoms with Gasteiger partial charge < -0.3 is 19.0 Å². The Bertz CT molecular complexity index is 1140. The molecule has 2 aromatic carbocycles. The Morgan fingerprint density at radius 2 is 2.00 bits per heavy atom. The molecule has 0 spiro atoms. The Balaban J connectivity index is 1.28. The van der Waals surface area contributed by atoms with Gasteiger partial charge in [-0.05, 0) is 60.7 Å². The van der Waals surface area contributed by atoms with Crippen LogP contribution in [0.25, 0.3) is 22.3 Å². The maximum absolute atomic E-state index is 15.0. The minimum atomic E-state index is -0.974. The number of halogens is 1. The molecule has 2 aliphatic rings. The van der Waals surface area contributed by atoms with Gasteiger partial charge in [0.2, 0.25) is 0 Å². The fraction of sp³-hybridized carbons (Fsp3) is 0.423. The molecule has 0 amide bonds. The van der Waals surface area contributed by atoms with Crippen LogP contribution in [0.3, 0.4) is 0 Å². The Kier molecular flexibility index (Phi) is 6.33. The summed E-state index contributed by atoms with van der Waals surface area (Å²) in [6, 6.07) is 12.6. The van der Waals surface area contributed by atoms with Gasteiger partial charge in [0.15, 0.2) is 6.10 Å². The Labute approximate surface area is 191 Å². The lowest BCUT2D eigenvalue weighted by atomic mass is 10.1. The third kappa shape index (κ3) is 5.04. The first-order valence-electron chi connectivity index (χ1n) is 11.6. The highest BCUT2D eigenvalue weighted by Crippen LogP contribution is 2.33. The maximum Gasteiger partial charge on any atom is 0.334 e. The minimum absolute atomic E-state index is 0.285. The molecule has 6 nitrogen and oxygen atoms in total. The number of aliphatic carboxylic acids is 1. The highest BCUT2D eigenvalue weighted by Gasteiger charge is 2.26. The molecule has 1 saturated carbocycles. The van der Waals surface area contributed by atoms with E-state index in [1.807, 2.05) is 35.2 Å². The van der Waals surface area contributed by atoms with Gasteiger partial charge in [-0.1, -0.05) is 18.9 Å². The predicted molar refractivity (Wildman–Crippen MR) is 122 cm³/mol. The zero-order valence-electron chi connectivity index (χ0n) is 18.5. The Morgan fingerprint density at radius 1 is 1.15 bits per heavy atom. The lowest BCUT2D eigenvalue weighted by Crippen LogP contribution is -2.45. The average molecular weight is 454 g/mol. The average Bonchev–Trinajstić information content (AvgIpc) is 3.47. The van der Waals surface area contributed by atoms with Crippen LogP contribution in [0.15, 0.2) is 46.9 Å². The number of hydrogen-bond donors (Lipinski definition) is 1. The van der Waals surface area contributed by atoms with Crippen LogP contribution in [0, 0.1) is 11.7 Å². The summed E-state index contributed by atoms with van der Waals surface area (Å²) in [4.78, 5) is 13.1. The summed E-state index contributed by atoms with van der Waals surface area (Å²) in [5.41, 5.74) is 1.87. The van der Waals surface area contributed by atoms with Crippen LogP contribution in [0.4, 0.5) is 4.39 Å². The van der Waals surface area contributed by atoms with Crippen molar-refractivity contribution >= 4 is 16.9 Å².